The SMILES string of the molecule is O=C(NCc1cc(F)ccc1Br)N1CCC[C@@H](CO)C1. The lowest BCUT2D eigenvalue weighted by Gasteiger charge is -2.31. The monoisotopic (exact) mass is 344 g/mol. The predicted molar refractivity (Wildman–Crippen MR) is 77.7 cm³/mol. The van der Waals surface area contributed by atoms with Gasteiger partial charge >= 0.3 is 6.03 Å². The van der Waals surface area contributed by atoms with Gasteiger partial charge in [-0.05, 0) is 42.5 Å². The van der Waals surface area contributed by atoms with Crippen molar-refractivity contribution in [2.75, 3.05) is 19.7 Å². The van der Waals surface area contributed by atoms with Crippen LogP contribution < -0.4 is 5.32 Å². The van der Waals surface area contributed by atoms with Gasteiger partial charge < -0.3 is 15.3 Å². The molecule has 2 amide bonds. The van der Waals surface area contributed by atoms with E-state index in [1.807, 2.05) is 0 Å². The molecule has 1 aromatic carbocycles. The maximum absolute atomic E-state index is 13.2. The average Bonchev–Trinajstić information content (AvgIpc) is 2.48. The van der Waals surface area contributed by atoms with E-state index in [4.69, 9.17) is 5.11 Å². The normalized spacial score (nSPS) is 18.9. The third-order valence-electron chi connectivity index (χ3n) is 3.50. The van der Waals surface area contributed by atoms with Crippen molar-refractivity contribution in [3.63, 3.8) is 0 Å². The van der Waals surface area contributed by atoms with E-state index in [9.17, 15) is 9.18 Å². The lowest BCUT2D eigenvalue weighted by Crippen LogP contribution is -2.45. The molecule has 0 spiro atoms. The molecular weight excluding hydrogens is 327 g/mol. The molecule has 110 valence electrons. The minimum atomic E-state index is -0.323. The lowest BCUT2D eigenvalue weighted by atomic mass is 9.99. The van der Waals surface area contributed by atoms with Crippen LogP contribution >= 0.6 is 15.9 Å². The Morgan fingerprint density at radius 1 is 1.55 bits per heavy atom. The van der Waals surface area contributed by atoms with Gasteiger partial charge in [-0.25, -0.2) is 9.18 Å². The molecule has 1 aliphatic rings. The molecule has 0 saturated carbocycles. The largest absolute Gasteiger partial charge is 0.396 e. The topological polar surface area (TPSA) is 52.6 Å². The molecule has 1 aromatic rings. The fourth-order valence-electron chi connectivity index (χ4n) is 2.36. The Labute approximate surface area is 126 Å². The first-order chi connectivity index (χ1) is 9.60. The van der Waals surface area contributed by atoms with Crippen LogP contribution in [0.3, 0.4) is 0 Å². The van der Waals surface area contributed by atoms with Gasteiger partial charge in [-0.15, -0.1) is 0 Å². The fraction of sp³-hybridized carbons (Fsp3) is 0.500. The Morgan fingerprint density at radius 3 is 3.10 bits per heavy atom. The highest BCUT2D eigenvalue weighted by atomic mass is 79.9. The molecule has 0 unspecified atom stereocenters. The van der Waals surface area contributed by atoms with Crippen LogP contribution in [0.1, 0.15) is 18.4 Å². The molecule has 1 fully saturated rings. The van der Waals surface area contributed by atoms with E-state index < -0.39 is 0 Å². The van der Waals surface area contributed by atoms with Gasteiger partial charge in [0.2, 0.25) is 0 Å². The van der Waals surface area contributed by atoms with Crippen molar-refractivity contribution in [3.8, 4) is 0 Å². The molecule has 0 radical (unpaired) electrons. The highest BCUT2D eigenvalue weighted by Gasteiger charge is 2.22. The molecule has 2 rings (SSSR count). The van der Waals surface area contributed by atoms with Gasteiger partial charge in [0.1, 0.15) is 5.82 Å². The second-order valence-corrected chi connectivity index (χ2v) is 5.89. The van der Waals surface area contributed by atoms with Crippen LogP contribution in [-0.2, 0) is 6.54 Å². The highest BCUT2D eigenvalue weighted by molar-refractivity contribution is 9.10. The van der Waals surface area contributed by atoms with E-state index in [2.05, 4.69) is 21.2 Å². The van der Waals surface area contributed by atoms with Crippen LogP contribution in [0.4, 0.5) is 9.18 Å². The molecule has 4 nitrogen and oxygen atoms in total. The number of likely N-dealkylation sites (tertiary alicyclic amines) is 1. The highest BCUT2D eigenvalue weighted by Crippen LogP contribution is 2.18. The lowest BCUT2D eigenvalue weighted by molar-refractivity contribution is 0.129. The standard InChI is InChI=1S/C14H18BrFN2O2/c15-13-4-3-12(16)6-11(13)7-17-14(20)18-5-1-2-10(8-18)9-19/h3-4,6,10,19H,1-2,5,7-9H2,(H,17,20)/t10-/m1/s1. The van der Waals surface area contributed by atoms with Gasteiger partial charge in [-0.3, -0.25) is 0 Å². The van der Waals surface area contributed by atoms with E-state index >= 15 is 0 Å². The maximum Gasteiger partial charge on any atom is 0.317 e. The molecular formula is C14H18BrFN2O2. The van der Waals surface area contributed by atoms with Gasteiger partial charge in [0.25, 0.3) is 0 Å². The van der Waals surface area contributed by atoms with E-state index in [1.54, 1.807) is 11.0 Å². The Hall–Kier alpha value is -1.14. The van der Waals surface area contributed by atoms with Crippen LogP contribution in [0.25, 0.3) is 0 Å². The number of urea groups is 1. The maximum atomic E-state index is 13.2. The fourth-order valence-corrected chi connectivity index (χ4v) is 2.75. The number of rotatable bonds is 3. The zero-order valence-electron chi connectivity index (χ0n) is 11.1. The number of halogens is 2. The first-order valence-corrected chi connectivity index (χ1v) is 7.47. The number of nitrogens with zero attached hydrogens (tertiary/aromatic N) is 1. The van der Waals surface area contributed by atoms with Crippen molar-refractivity contribution in [2.45, 2.75) is 19.4 Å². The van der Waals surface area contributed by atoms with Gasteiger partial charge in [0.15, 0.2) is 0 Å². The number of aliphatic hydroxyl groups is 1. The molecule has 1 saturated heterocycles. The van der Waals surface area contributed by atoms with Crippen LogP contribution in [0.15, 0.2) is 22.7 Å². The van der Waals surface area contributed by atoms with Crippen molar-refractivity contribution < 1.29 is 14.3 Å². The minimum absolute atomic E-state index is 0.110. The van der Waals surface area contributed by atoms with E-state index in [1.165, 1.54) is 12.1 Å². The summed E-state index contributed by atoms with van der Waals surface area (Å²) < 4.78 is 13.9. The number of carbonyl (C=O) groups is 1. The molecule has 20 heavy (non-hydrogen) atoms. The summed E-state index contributed by atoms with van der Waals surface area (Å²) >= 11 is 3.33. The van der Waals surface area contributed by atoms with E-state index in [-0.39, 0.29) is 30.9 Å². The number of nitrogens with one attached hydrogen (secondary N) is 1. The van der Waals surface area contributed by atoms with E-state index in [0.717, 1.165) is 17.3 Å². The van der Waals surface area contributed by atoms with Gasteiger partial charge in [-0.2, -0.15) is 0 Å². The molecule has 0 aliphatic carbocycles. The molecule has 2 N–H and O–H groups in total. The van der Waals surface area contributed by atoms with Gasteiger partial charge in [-0.1, -0.05) is 15.9 Å². The summed E-state index contributed by atoms with van der Waals surface area (Å²) in [5.41, 5.74) is 0.703. The Bertz CT molecular complexity index is 484. The molecule has 1 heterocycles. The van der Waals surface area contributed by atoms with E-state index in [0.29, 0.717) is 18.7 Å². The van der Waals surface area contributed by atoms with Crippen molar-refractivity contribution in [3.05, 3.63) is 34.1 Å². The summed E-state index contributed by atoms with van der Waals surface area (Å²) in [6.07, 6.45) is 1.86. The number of piperidine rings is 1. The molecule has 6 heteroatoms. The van der Waals surface area contributed by atoms with Gasteiger partial charge in [0, 0.05) is 30.7 Å². The Morgan fingerprint density at radius 2 is 2.35 bits per heavy atom. The minimum Gasteiger partial charge on any atom is -0.396 e. The summed E-state index contributed by atoms with van der Waals surface area (Å²) in [6, 6.07) is 4.22. The molecule has 1 atom stereocenters. The second-order valence-electron chi connectivity index (χ2n) is 5.03. The van der Waals surface area contributed by atoms with Crippen molar-refractivity contribution in [1.82, 2.24) is 10.2 Å². The number of aliphatic hydroxyl groups excluding tert-OH is 1. The average molecular weight is 345 g/mol. The number of hydrogen-bond acceptors (Lipinski definition) is 2. The quantitative estimate of drug-likeness (QED) is 0.885. The van der Waals surface area contributed by atoms with Crippen LogP contribution in [0.2, 0.25) is 0 Å². The van der Waals surface area contributed by atoms with Crippen molar-refractivity contribution in [2.24, 2.45) is 5.92 Å². The third-order valence-corrected chi connectivity index (χ3v) is 4.28. The Kier molecular flexibility index (Phi) is 5.37. The zero-order chi connectivity index (χ0) is 14.5. The summed E-state index contributed by atoms with van der Waals surface area (Å²) in [5, 5.41) is 11.9. The number of hydrogen-bond donors (Lipinski definition) is 2. The zero-order valence-corrected chi connectivity index (χ0v) is 12.7. The number of amides is 2. The predicted octanol–water partition coefficient (Wildman–Crippen LogP) is 2.50. The smallest absolute Gasteiger partial charge is 0.317 e. The third kappa shape index (κ3) is 3.93. The summed E-state index contributed by atoms with van der Waals surface area (Å²) in [7, 11) is 0. The molecule has 0 aromatic heterocycles. The molecule has 1 aliphatic heterocycles. The van der Waals surface area contributed by atoms with Crippen LogP contribution in [0.5, 0.6) is 0 Å². The number of carbonyl (C=O) groups excluding carboxylic acids is 1. The first kappa shape index (κ1) is 15.3. The Balaban J connectivity index is 1.90. The van der Waals surface area contributed by atoms with Crippen LogP contribution in [-0.4, -0.2) is 35.7 Å². The summed E-state index contributed by atoms with van der Waals surface area (Å²) in [6.45, 7) is 1.66. The summed E-state index contributed by atoms with van der Waals surface area (Å²) in [5.74, 6) is -0.161. The second kappa shape index (κ2) is 7.04. The van der Waals surface area contributed by atoms with Gasteiger partial charge in [0.05, 0.1) is 0 Å². The number of benzene rings is 1. The van der Waals surface area contributed by atoms with Crippen LogP contribution in [0, 0.1) is 11.7 Å². The summed E-state index contributed by atoms with van der Waals surface area (Å²) in [4.78, 5) is 13.8. The van der Waals surface area contributed by atoms with Crippen molar-refractivity contribution >= 4 is 22.0 Å². The van der Waals surface area contributed by atoms with Crippen molar-refractivity contribution in [1.29, 1.82) is 0 Å². The first-order valence-electron chi connectivity index (χ1n) is 6.67. The molecule has 0 bridgehead atoms.